The fourth-order valence-corrected chi connectivity index (χ4v) is 8.78. The third-order valence-corrected chi connectivity index (χ3v) is 7.83. The van der Waals surface area contributed by atoms with Crippen molar-refractivity contribution in [2.24, 2.45) is 0 Å². The van der Waals surface area contributed by atoms with E-state index >= 15 is 0 Å². The van der Waals surface area contributed by atoms with Crippen LogP contribution < -0.4 is 0 Å². The molecule has 1 rings (SSSR count). The standard InChI is InChI=1S/C13H27P/c1-7-9-13(6)10-8-11(2)14(13)12(3,4)5/h11H,7-10H2,1-6H3. The highest BCUT2D eigenvalue weighted by Crippen LogP contribution is 2.70. The molecule has 0 radical (unpaired) electrons. The van der Waals surface area contributed by atoms with Crippen LogP contribution in [0.5, 0.6) is 0 Å². The van der Waals surface area contributed by atoms with Gasteiger partial charge in [-0.3, -0.25) is 0 Å². The summed E-state index contributed by atoms with van der Waals surface area (Å²) in [6, 6.07) is 0. The van der Waals surface area contributed by atoms with Gasteiger partial charge in [0.2, 0.25) is 0 Å². The Morgan fingerprint density at radius 1 is 1.36 bits per heavy atom. The van der Waals surface area contributed by atoms with Crippen LogP contribution in [0.1, 0.15) is 67.2 Å². The average Bonchev–Trinajstić information content (AvgIpc) is 2.26. The van der Waals surface area contributed by atoms with Gasteiger partial charge in [0.15, 0.2) is 0 Å². The quantitative estimate of drug-likeness (QED) is 0.567. The van der Waals surface area contributed by atoms with E-state index in [1.807, 2.05) is 0 Å². The number of hydrogen-bond acceptors (Lipinski definition) is 0. The molecule has 1 saturated heterocycles. The monoisotopic (exact) mass is 214 g/mol. The summed E-state index contributed by atoms with van der Waals surface area (Å²) in [5, 5.41) is 1.23. The first-order valence-corrected chi connectivity index (χ1v) is 7.52. The van der Waals surface area contributed by atoms with E-state index in [2.05, 4.69) is 41.5 Å². The van der Waals surface area contributed by atoms with E-state index in [4.69, 9.17) is 0 Å². The lowest BCUT2D eigenvalue weighted by Crippen LogP contribution is -2.28. The van der Waals surface area contributed by atoms with Gasteiger partial charge >= 0.3 is 0 Å². The molecule has 1 heteroatoms. The molecule has 0 aromatic carbocycles. The van der Waals surface area contributed by atoms with Crippen LogP contribution >= 0.6 is 7.92 Å². The van der Waals surface area contributed by atoms with Crippen LogP contribution in [0.3, 0.4) is 0 Å². The van der Waals surface area contributed by atoms with E-state index in [-0.39, 0.29) is 7.92 Å². The highest BCUT2D eigenvalue weighted by molar-refractivity contribution is 7.62. The molecule has 1 fully saturated rings. The summed E-state index contributed by atoms with van der Waals surface area (Å²) >= 11 is 0. The maximum Gasteiger partial charge on any atom is -0.0115 e. The van der Waals surface area contributed by atoms with Crippen molar-refractivity contribution in [3.05, 3.63) is 0 Å². The Kier molecular flexibility index (Phi) is 3.68. The predicted octanol–water partition coefficient (Wildman–Crippen LogP) is 5.01. The Labute approximate surface area is 91.6 Å². The van der Waals surface area contributed by atoms with Crippen LogP contribution in [0.15, 0.2) is 0 Å². The van der Waals surface area contributed by atoms with Gasteiger partial charge in [0.1, 0.15) is 0 Å². The first kappa shape index (κ1) is 12.5. The Bertz CT molecular complexity index is 188. The van der Waals surface area contributed by atoms with Gasteiger partial charge in [0.25, 0.3) is 0 Å². The normalized spacial score (nSPS) is 39.0. The molecule has 0 saturated carbocycles. The van der Waals surface area contributed by atoms with Crippen LogP contribution in [0, 0.1) is 0 Å². The summed E-state index contributed by atoms with van der Waals surface area (Å²) in [7, 11) is 0.201. The average molecular weight is 214 g/mol. The fraction of sp³-hybridized carbons (Fsp3) is 1.00. The molecular weight excluding hydrogens is 187 g/mol. The zero-order valence-electron chi connectivity index (χ0n) is 10.9. The van der Waals surface area contributed by atoms with E-state index in [0.29, 0.717) is 10.3 Å². The summed E-state index contributed by atoms with van der Waals surface area (Å²) in [6.07, 6.45) is 5.75. The third kappa shape index (κ3) is 2.32. The molecule has 1 aliphatic heterocycles. The van der Waals surface area contributed by atoms with Crippen LogP contribution in [0.25, 0.3) is 0 Å². The summed E-state index contributed by atoms with van der Waals surface area (Å²) in [5.74, 6) is 0. The Morgan fingerprint density at radius 2 is 1.93 bits per heavy atom. The smallest absolute Gasteiger partial charge is 0.0115 e. The van der Waals surface area contributed by atoms with E-state index in [0.717, 1.165) is 5.66 Å². The van der Waals surface area contributed by atoms with E-state index in [1.54, 1.807) is 0 Å². The minimum absolute atomic E-state index is 0.201. The maximum absolute atomic E-state index is 2.55. The minimum atomic E-state index is 0.201. The highest BCUT2D eigenvalue weighted by atomic mass is 31.1. The first-order valence-electron chi connectivity index (χ1n) is 6.11. The van der Waals surface area contributed by atoms with Gasteiger partial charge < -0.3 is 0 Å². The molecule has 0 nitrogen and oxygen atoms in total. The van der Waals surface area contributed by atoms with E-state index in [9.17, 15) is 0 Å². The first-order chi connectivity index (χ1) is 6.31. The molecule has 84 valence electrons. The summed E-state index contributed by atoms with van der Waals surface area (Å²) in [4.78, 5) is 0. The second-order valence-electron chi connectivity index (χ2n) is 6.18. The summed E-state index contributed by atoms with van der Waals surface area (Å²) < 4.78 is 0. The summed E-state index contributed by atoms with van der Waals surface area (Å²) in [5.41, 5.74) is 0.988. The zero-order chi connectivity index (χ0) is 11.0. The Morgan fingerprint density at radius 3 is 2.36 bits per heavy atom. The van der Waals surface area contributed by atoms with Gasteiger partial charge in [-0.05, 0) is 35.2 Å². The van der Waals surface area contributed by atoms with Crippen molar-refractivity contribution in [1.82, 2.24) is 0 Å². The lowest BCUT2D eigenvalue weighted by Gasteiger charge is -2.43. The lowest BCUT2D eigenvalue weighted by molar-refractivity contribution is 0.534. The van der Waals surface area contributed by atoms with Crippen molar-refractivity contribution in [2.45, 2.75) is 83.2 Å². The zero-order valence-corrected chi connectivity index (χ0v) is 11.7. The highest BCUT2D eigenvalue weighted by Gasteiger charge is 2.47. The molecular formula is C13H27P. The molecule has 0 aliphatic carbocycles. The van der Waals surface area contributed by atoms with Gasteiger partial charge in [-0.2, -0.15) is 0 Å². The van der Waals surface area contributed by atoms with E-state index < -0.39 is 0 Å². The largest absolute Gasteiger partial charge is 0.0922 e. The van der Waals surface area contributed by atoms with Crippen molar-refractivity contribution in [3.63, 3.8) is 0 Å². The van der Waals surface area contributed by atoms with Crippen molar-refractivity contribution < 1.29 is 0 Å². The molecule has 0 aromatic heterocycles. The molecule has 3 unspecified atom stereocenters. The molecule has 0 spiro atoms. The number of hydrogen-bond donors (Lipinski definition) is 0. The molecule has 0 amide bonds. The van der Waals surface area contributed by atoms with Crippen LogP contribution in [-0.4, -0.2) is 16.0 Å². The molecule has 0 bridgehead atoms. The molecule has 14 heavy (non-hydrogen) atoms. The van der Waals surface area contributed by atoms with Crippen LogP contribution in [0.4, 0.5) is 0 Å². The van der Waals surface area contributed by atoms with E-state index in [1.165, 1.54) is 25.7 Å². The second-order valence-corrected chi connectivity index (χ2v) is 10.2. The van der Waals surface area contributed by atoms with Gasteiger partial charge in [0, 0.05) is 0 Å². The topological polar surface area (TPSA) is 0 Å². The second kappa shape index (κ2) is 4.12. The Hall–Kier alpha value is 0.430. The number of rotatable bonds is 2. The van der Waals surface area contributed by atoms with Crippen molar-refractivity contribution in [1.29, 1.82) is 0 Å². The van der Waals surface area contributed by atoms with Gasteiger partial charge in [-0.25, -0.2) is 0 Å². The lowest BCUT2D eigenvalue weighted by atomic mass is 9.99. The molecule has 3 atom stereocenters. The molecule has 1 aliphatic rings. The third-order valence-electron chi connectivity index (χ3n) is 3.63. The van der Waals surface area contributed by atoms with Crippen LogP contribution in [0.2, 0.25) is 0 Å². The SMILES string of the molecule is CCCC1(C)CCC(C)P1C(C)(C)C. The van der Waals surface area contributed by atoms with Gasteiger partial charge in [0.05, 0.1) is 0 Å². The van der Waals surface area contributed by atoms with Crippen LogP contribution in [-0.2, 0) is 0 Å². The Balaban J connectivity index is 2.86. The van der Waals surface area contributed by atoms with Crippen molar-refractivity contribution >= 4 is 7.92 Å². The maximum atomic E-state index is 2.55. The van der Waals surface area contributed by atoms with Gasteiger partial charge in [-0.1, -0.05) is 55.9 Å². The van der Waals surface area contributed by atoms with Crippen molar-refractivity contribution in [2.75, 3.05) is 0 Å². The fourth-order valence-electron chi connectivity index (χ4n) is 3.56. The molecule has 0 N–H and O–H groups in total. The summed E-state index contributed by atoms with van der Waals surface area (Å²) in [6.45, 7) is 14.7. The molecule has 0 aromatic rings. The van der Waals surface area contributed by atoms with Gasteiger partial charge in [-0.15, -0.1) is 0 Å². The van der Waals surface area contributed by atoms with Crippen molar-refractivity contribution in [3.8, 4) is 0 Å². The minimum Gasteiger partial charge on any atom is -0.0922 e. The predicted molar refractivity (Wildman–Crippen MR) is 68.7 cm³/mol. The molecule has 1 heterocycles.